The number of carbonyl (C=O) groups is 1. The number of rotatable bonds is 10. The third kappa shape index (κ3) is 6.71. The minimum atomic E-state index is -0.188. The summed E-state index contributed by atoms with van der Waals surface area (Å²) >= 11 is 3.54. The maximum Gasteiger partial charge on any atom is 0.248 e. The number of benzene rings is 2. The van der Waals surface area contributed by atoms with Gasteiger partial charge in [-0.25, -0.2) is 0 Å². The molecule has 0 saturated heterocycles. The molecule has 0 atom stereocenters. The summed E-state index contributed by atoms with van der Waals surface area (Å²) in [6, 6.07) is 11.7. The number of aryl methyl sites for hydroxylation is 1. The standard InChI is InChI=1S/C23H28BrNO3/c1-4-6-7-17-8-11-20(19(24)15-17)25-23(26)13-10-18-9-12-21(28-14-5-2)22(16-18)27-3/h8-13,15-16H,4-7,14H2,1-3H3,(H,25,26)/b13-10+. The molecule has 1 amide bonds. The van der Waals surface area contributed by atoms with Crippen LogP contribution in [-0.2, 0) is 11.2 Å². The Labute approximate surface area is 176 Å². The molecule has 0 aliphatic heterocycles. The minimum absolute atomic E-state index is 0.188. The summed E-state index contributed by atoms with van der Waals surface area (Å²) in [6.45, 7) is 4.87. The zero-order valence-electron chi connectivity index (χ0n) is 16.8. The Balaban J connectivity index is 2.01. The minimum Gasteiger partial charge on any atom is -0.493 e. The molecule has 2 aromatic rings. The number of hydrogen-bond acceptors (Lipinski definition) is 3. The first-order chi connectivity index (χ1) is 13.6. The van der Waals surface area contributed by atoms with Gasteiger partial charge in [0.05, 0.1) is 19.4 Å². The second-order valence-corrected chi connectivity index (χ2v) is 7.35. The molecule has 4 nitrogen and oxygen atoms in total. The molecule has 0 aliphatic rings. The Morgan fingerprint density at radius 2 is 1.93 bits per heavy atom. The van der Waals surface area contributed by atoms with Crippen LogP contribution in [-0.4, -0.2) is 19.6 Å². The second-order valence-electron chi connectivity index (χ2n) is 6.50. The van der Waals surface area contributed by atoms with Gasteiger partial charge in [0.15, 0.2) is 11.5 Å². The molecule has 0 heterocycles. The number of methoxy groups -OCH3 is 1. The highest BCUT2D eigenvalue weighted by Crippen LogP contribution is 2.29. The van der Waals surface area contributed by atoms with Crippen molar-refractivity contribution in [2.24, 2.45) is 0 Å². The number of nitrogens with one attached hydrogen (secondary N) is 1. The lowest BCUT2D eigenvalue weighted by atomic mass is 10.1. The quantitative estimate of drug-likeness (QED) is 0.440. The van der Waals surface area contributed by atoms with Crippen LogP contribution in [0.3, 0.4) is 0 Å². The van der Waals surface area contributed by atoms with Gasteiger partial charge in [-0.1, -0.05) is 32.4 Å². The first-order valence-electron chi connectivity index (χ1n) is 9.65. The summed E-state index contributed by atoms with van der Waals surface area (Å²) in [5.41, 5.74) is 2.89. The molecule has 0 unspecified atom stereocenters. The highest BCUT2D eigenvalue weighted by molar-refractivity contribution is 9.10. The van der Waals surface area contributed by atoms with E-state index >= 15 is 0 Å². The lowest BCUT2D eigenvalue weighted by Crippen LogP contribution is -2.08. The third-order valence-corrected chi connectivity index (χ3v) is 4.84. The topological polar surface area (TPSA) is 47.6 Å². The van der Waals surface area contributed by atoms with Crippen molar-refractivity contribution in [3.05, 3.63) is 58.1 Å². The van der Waals surface area contributed by atoms with Crippen molar-refractivity contribution in [3.63, 3.8) is 0 Å². The molecule has 1 N–H and O–H groups in total. The molecule has 2 aromatic carbocycles. The van der Waals surface area contributed by atoms with Gasteiger partial charge < -0.3 is 14.8 Å². The van der Waals surface area contributed by atoms with Crippen LogP contribution in [0.4, 0.5) is 5.69 Å². The van der Waals surface area contributed by atoms with Gasteiger partial charge in [-0.3, -0.25) is 4.79 Å². The maximum atomic E-state index is 12.3. The van der Waals surface area contributed by atoms with E-state index in [4.69, 9.17) is 9.47 Å². The van der Waals surface area contributed by atoms with Gasteiger partial charge in [0.25, 0.3) is 0 Å². The molecule has 28 heavy (non-hydrogen) atoms. The van der Waals surface area contributed by atoms with Crippen LogP contribution in [0.1, 0.15) is 44.2 Å². The van der Waals surface area contributed by atoms with Crippen LogP contribution in [0.15, 0.2) is 46.9 Å². The van der Waals surface area contributed by atoms with Crippen molar-refractivity contribution in [1.82, 2.24) is 0 Å². The number of anilines is 1. The number of hydrogen-bond donors (Lipinski definition) is 1. The average Bonchev–Trinajstić information content (AvgIpc) is 2.71. The molecule has 0 aromatic heterocycles. The SMILES string of the molecule is CCCCc1ccc(NC(=O)/C=C/c2ccc(OCCC)c(OC)c2)c(Br)c1. The second kappa shape index (κ2) is 11.5. The number of carbonyl (C=O) groups excluding carboxylic acids is 1. The Morgan fingerprint density at radius 1 is 1.11 bits per heavy atom. The molecule has 150 valence electrons. The van der Waals surface area contributed by atoms with Gasteiger partial charge in [-0.15, -0.1) is 0 Å². The van der Waals surface area contributed by atoms with Crippen LogP contribution in [0.2, 0.25) is 0 Å². The highest BCUT2D eigenvalue weighted by Gasteiger charge is 2.06. The normalized spacial score (nSPS) is 10.9. The summed E-state index contributed by atoms with van der Waals surface area (Å²) in [5, 5.41) is 2.90. The van der Waals surface area contributed by atoms with E-state index in [-0.39, 0.29) is 5.91 Å². The number of unbranched alkanes of at least 4 members (excludes halogenated alkanes) is 1. The summed E-state index contributed by atoms with van der Waals surface area (Å²) in [5.74, 6) is 1.17. The molecule has 0 spiro atoms. The zero-order valence-corrected chi connectivity index (χ0v) is 18.3. The molecule has 2 rings (SSSR count). The van der Waals surface area contributed by atoms with E-state index < -0.39 is 0 Å². The predicted octanol–water partition coefficient (Wildman–Crippen LogP) is 6.24. The van der Waals surface area contributed by atoms with Crippen LogP contribution in [0.25, 0.3) is 6.08 Å². The Morgan fingerprint density at radius 3 is 2.61 bits per heavy atom. The van der Waals surface area contributed by atoms with Crippen molar-refractivity contribution in [3.8, 4) is 11.5 Å². The fourth-order valence-corrected chi connectivity index (χ4v) is 3.19. The van der Waals surface area contributed by atoms with Crippen molar-refractivity contribution in [1.29, 1.82) is 0 Å². The van der Waals surface area contributed by atoms with Gasteiger partial charge in [-0.2, -0.15) is 0 Å². The van der Waals surface area contributed by atoms with E-state index in [1.54, 1.807) is 13.2 Å². The van der Waals surface area contributed by atoms with E-state index in [1.165, 1.54) is 11.6 Å². The van der Waals surface area contributed by atoms with E-state index in [0.717, 1.165) is 41.4 Å². The van der Waals surface area contributed by atoms with Crippen molar-refractivity contribution in [2.45, 2.75) is 39.5 Å². The Hall–Kier alpha value is -2.27. The van der Waals surface area contributed by atoms with E-state index in [0.29, 0.717) is 18.1 Å². The van der Waals surface area contributed by atoms with Crippen LogP contribution >= 0.6 is 15.9 Å². The smallest absolute Gasteiger partial charge is 0.248 e. The predicted molar refractivity (Wildman–Crippen MR) is 119 cm³/mol. The largest absolute Gasteiger partial charge is 0.493 e. The van der Waals surface area contributed by atoms with E-state index in [9.17, 15) is 4.79 Å². The average molecular weight is 446 g/mol. The maximum absolute atomic E-state index is 12.3. The summed E-state index contributed by atoms with van der Waals surface area (Å²) < 4.78 is 11.9. The fourth-order valence-electron chi connectivity index (χ4n) is 2.66. The van der Waals surface area contributed by atoms with Crippen LogP contribution in [0.5, 0.6) is 11.5 Å². The number of amides is 1. The van der Waals surface area contributed by atoms with Gasteiger partial charge in [-0.05, 0) is 76.7 Å². The van der Waals surface area contributed by atoms with Gasteiger partial charge in [0.1, 0.15) is 0 Å². The number of ether oxygens (including phenoxy) is 2. The summed E-state index contributed by atoms with van der Waals surface area (Å²) in [4.78, 5) is 12.3. The Kier molecular flexibility index (Phi) is 9.08. The molecule has 0 aliphatic carbocycles. The van der Waals surface area contributed by atoms with Gasteiger partial charge in [0.2, 0.25) is 5.91 Å². The van der Waals surface area contributed by atoms with Gasteiger partial charge in [0, 0.05) is 10.5 Å². The first-order valence-corrected chi connectivity index (χ1v) is 10.4. The van der Waals surface area contributed by atoms with Crippen LogP contribution in [0, 0.1) is 0 Å². The lowest BCUT2D eigenvalue weighted by Gasteiger charge is -2.10. The van der Waals surface area contributed by atoms with Crippen molar-refractivity contribution >= 4 is 33.6 Å². The van der Waals surface area contributed by atoms with Crippen molar-refractivity contribution < 1.29 is 14.3 Å². The zero-order chi connectivity index (χ0) is 20.4. The van der Waals surface area contributed by atoms with Gasteiger partial charge >= 0.3 is 0 Å². The number of halogens is 1. The summed E-state index contributed by atoms with van der Waals surface area (Å²) in [7, 11) is 1.61. The highest BCUT2D eigenvalue weighted by atomic mass is 79.9. The molecule has 0 fully saturated rings. The van der Waals surface area contributed by atoms with Crippen LogP contribution < -0.4 is 14.8 Å². The molecular weight excluding hydrogens is 418 g/mol. The van der Waals surface area contributed by atoms with E-state index in [2.05, 4.69) is 47.2 Å². The van der Waals surface area contributed by atoms with E-state index in [1.807, 2.05) is 24.3 Å². The first kappa shape index (κ1) is 22.0. The monoisotopic (exact) mass is 445 g/mol. The molecule has 0 bridgehead atoms. The molecular formula is C23H28BrNO3. The summed E-state index contributed by atoms with van der Waals surface area (Å²) in [6.07, 6.45) is 7.57. The molecule has 0 radical (unpaired) electrons. The van der Waals surface area contributed by atoms with Crippen molar-refractivity contribution in [2.75, 3.05) is 19.0 Å². The third-order valence-electron chi connectivity index (χ3n) is 4.19. The molecule has 5 heteroatoms. The Bertz CT molecular complexity index is 817. The fraction of sp³-hybridized carbons (Fsp3) is 0.348. The molecule has 0 saturated carbocycles. The lowest BCUT2D eigenvalue weighted by molar-refractivity contribution is -0.111.